The highest BCUT2D eigenvalue weighted by molar-refractivity contribution is 5.84. The van der Waals surface area contributed by atoms with Crippen LogP contribution in [0.25, 0.3) is 0 Å². The number of carbonyl (C=O) groups excluding carboxylic acids is 1. The minimum absolute atomic E-state index is 0.00931. The van der Waals surface area contributed by atoms with Gasteiger partial charge in [-0.2, -0.15) is 0 Å². The van der Waals surface area contributed by atoms with Crippen LogP contribution in [0.3, 0.4) is 0 Å². The van der Waals surface area contributed by atoms with Gasteiger partial charge in [0.05, 0.1) is 5.41 Å². The molecule has 1 heterocycles. The van der Waals surface area contributed by atoms with Gasteiger partial charge in [-0.15, -0.1) is 0 Å². The van der Waals surface area contributed by atoms with Crippen molar-refractivity contribution in [1.82, 2.24) is 4.90 Å². The van der Waals surface area contributed by atoms with E-state index >= 15 is 0 Å². The highest BCUT2D eigenvalue weighted by Gasteiger charge is 2.57. The second kappa shape index (κ2) is 2.97. The van der Waals surface area contributed by atoms with Gasteiger partial charge in [0.1, 0.15) is 0 Å². The Hall–Kier alpha value is -0.570. The van der Waals surface area contributed by atoms with Gasteiger partial charge >= 0.3 is 0 Å². The first-order valence-corrected chi connectivity index (χ1v) is 6.22. The van der Waals surface area contributed by atoms with Crippen LogP contribution in [0.15, 0.2) is 0 Å². The Morgan fingerprint density at radius 2 is 1.67 bits per heavy atom. The molecule has 0 aromatic heterocycles. The van der Waals surface area contributed by atoms with Crippen molar-refractivity contribution in [2.75, 3.05) is 13.1 Å². The van der Waals surface area contributed by atoms with Gasteiger partial charge in [-0.1, -0.05) is 0 Å². The Morgan fingerprint density at radius 3 is 2.13 bits per heavy atom. The second-order valence-corrected chi connectivity index (χ2v) is 5.82. The van der Waals surface area contributed by atoms with Crippen LogP contribution in [0.2, 0.25) is 0 Å². The Bertz CT molecular complexity index is 286. The molecule has 2 saturated carbocycles. The lowest BCUT2D eigenvalue weighted by Gasteiger charge is -2.30. The van der Waals surface area contributed by atoms with E-state index in [1.54, 1.807) is 0 Å². The first-order valence-electron chi connectivity index (χ1n) is 6.22. The number of rotatable bonds is 1. The van der Waals surface area contributed by atoms with Crippen LogP contribution in [0.5, 0.6) is 0 Å². The molecule has 2 bridgehead atoms. The van der Waals surface area contributed by atoms with Crippen molar-refractivity contribution < 1.29 is 4.79 Å². The molecule has 1 amide bonds. The number of fused-ring (bicyclic) bond motifs is 2. The predicted molar refractivity (Wildman–Crippen MR) is 58.3 cm³/mol. The van der Waals surface area contributed by atoms with Gasteiger partial charge in [0.2, 0.25) is 5.91 Å². The third-order valence-corrected chi connectivity index (χ3v) is 4.74. The SMILES string of the molecule is NC12CCC(C(=O)N3CCCC3)(CC1)C2. The van der Waals surface area contributed by atoms with E-state index in [1.807, 2.05) is 0 Å². The lowest BCUT2D eigenvalue weighted by Crippen LogP contribution is -2.40. The smallest absolute Gasteiger partial charge is 0.228 e. The summed E-state index contributed by atoms with van der Waals surface area (Å²) >= 11 is 0. The molecule has 1 saturated heterocycles. The molecule has 3 aliphatic rings. The largest absolute Gasteiger partial charge is 0.342 e. The fourth-order valence-electron chi connectivity index (χ4n) is 3.80. The quantitative estimate of drug-likeness (QED) is 0.705. The Balaban J connectivity index is 1.79. The minimum Gasteiger partial charge on any atom is -0.342 e. The fraction of sp³-hybridized carbons (Fsp3) is 0.917. The highest BCUT2D eigenvalue weighted by Crippen LogP contribution is 2.56. The molecule has 0 atom stereocenters. The molecule has 2 N–H and O–H groups in total. The summed E-state index contributed by atoms with van der Waals surface area (Å²) in [5.41, 5.74) is 6.22. The van der Waals surface area contributed by atoms with Crippen molar-refractivity contribution in [3.8, 4) is 0 Å². The minimum atomic E-state index is -0.0426. The standard InChI is InChI=1S/C12H20N2O/c13-12-5-3-11(9-12,4-6-12)10(15)14-7-1-2-8-14/h1-9,13H2. The summed E-state index contributed by atoms with van der Waals surface area (Å²) in [5.74, 6) is 0.421. The van der Waals surface area contributed by atoms with Crippen LogP contribution in [0.1, 0.15) is 44.9 Å². The summed E-state index contributed by atoms with van der Waals surface area (Å²) in [6.45, 7) is 1.97. The molecule has 3 nitrogen and oxygen atoms in total. The maximum atomic E-state index is 12.4. The van der Waals surface area contributed by atoms with Crippen LogP contribution >= 0.6 is 0 Å². The topological polar surface area (TPSA) is 46.3 Å². The maximum Gasteiger partial charge on any atom is 0.228 e. The van der Waals surface area contributed by atoms with E-state index in [9.17, 15) is 4.79 Å². The van der Waals surface area contributed by atoms with Crippen molar-refractivity contribution >= 4 is 5.91 Å². The average Bonchev–Trinajstić information content (AvgIpc) is 2.89. The summed E-state index contributed by atoms with van der Waals surface area (Å²) in [6.07, 6.45) is 7.54. The number of amides is 1. The predicted octanol–water partition coefficient (Wildman–Crippen LogP) is 1.27. The van der Waals surface area contributed by atoms with Crippen molar-refractivity contribution in [3.05, 3.63) is 0 Å². The van der Waals surface area contributed by atoms with E-state index in [1.165, 1.54) is 12.8 Å². The summed E-state index contributed by atoms with van der Waals surface area (Å²) in [5, 5.41) is 0. The van der Waals surface area contributed by atoms with Crippen molar-refractivity contribution in [3.63, 3.8) is 0 Å². The summed E-state index contributed by atoms with van der Waals surface area (Å²) in [4.78, 5) is 14.5. The lowest BCUT2D eigenvalue weighted by atomic mass is 9.82. The van der Waals surface area contributed by atoms with E-state index < -0.39 is 0 Å². The van der Waals surface area contributed by atoms with Crippen LogP contribution in [-0.2, 0) is 4.79 Å². The van der Waals surface area contributed by atoms with Gasteiger partial charge < -0.3 is 10.6 Å². The van der Waals surface area contributed by atoms with E-state index in [2.05, 4.69) is 4.90 Å². The van der Waals surface area contributed by atoms with Gasteiger partial charge in [0.25, 0.3) is 0 Å². The zero-order valence-electron chi connectivity index (χ0n) is 9.30. The van der Waals surface area contributed by atoms with Gasteiger partial charge in [-0.05, 0) is 44.9 Å². The van der Waals surface area contributed by atoms with Gasteiger partial charge in [-0.3, -0.25) is 4.79 Å². The fourth-order valence-corrected chi connectivity index (χ4v) is 3.80. The molecule has 0 aromatic carbocycles. The highest BCUT2D eigenvalue weighted by atomic mass is 16.2. The molecule has 3 rings (SSSR count). The molecule has 2 aliphatic carbocycles. The van der Waals surface area contributed by atoms with E-state index in [4.69, 9.17) is 5.73 Å². The maximum absolute atomic E-state index is 12.4. The molecule has 0 aromatic rings. The molecule has 0 spiro atoms. The first-order chi connectivity index (χ1) is 7.14. The number of nitrogens with zero attached hydrogens (tertiary/aromatic N) is 1. The van der Waals surface area contributed by atoms with Crippen molar-refractivity contribution in [1.29, 1.82) is 0 Å². The molecule has 0 radical (unpaired) electrons. The zero-order valence-corrected chi connectivity index (χ0v) is 9.30. The number of carbonyl (C=O) groups is 1. The van der Waals surface area contributed by atoms with Gasteiger partial charge in [-0.25, -0.2) is 0 Å². The lowest BCUT2D eigenvalue weighted by molar-refractivity contribution is -0.140. The number of likely N-dealkylation sites (tertiary alicyclic amines) is 1. The number of nitrogens with two attached hydrogens (primary N) is 1. The van der Waals surface area contributed by atoms with Gasteiger partial charge in [0.15, 0.2) is 0 Å². The molecule has 1 aliphatic heterocycles. The molecular weight excluding hydrogens is 188 g/mol. The van der Waals surface area contributed by atoms with Crippen molar-refractivity contribution in [2.45, 2.75) is 50.5 Å². The molecule has 15 heavy (non-hydrogen) atoms. The van der Waals surface area contributed by atoms with Crippen LogP contribution in [-0.4, -0.2) is 29.4 Å². The molecule has 0 unspecified atom stereocenters. The summed E-state index contributed by atoms with van der Waals surface area (Å²) in [6, 6.07) is 0. The van der Waals surface area contributed by atoms with Crippen LogP contribution in [0, 0.1) is 5.41 Å². The summed E-state index contributed by atoms with van der Waals surface area (Å²) < 4.78 is 0. The molecule has 3 heteroatoms. The normalized spacial score (nSPS) is 43.9. The molecular formula is C12H20N2O. The van der Waals surface area contributed by atoms with E-state index in [0.29, 0.717) is 5.91 Å². The third-order valence-electron chi connectivity index (χ3n) is 4.74. The number of hydrogen-bond donors (Lipinski definition) is 1. The summed E-state index contributed by atoms with van der Waals surface area (Å²) in [7, 11) is 0. The first kappa shape index (κ1) is 9.64. The monoisotopic (exact) mass is 208 g/mol. The second-order valence-electron chi connectivity index (χ2n) is 5.82. The number of hydrogen-bond acceptors (Lipinski definition) is 2. The Morgan fingerprint density at radius 1 is 1.07 bits per heavy atom. The van der Waals surface area contributed by atoms with Crippen LogP contribution in [0.4, 0.5) is 0 Å². The van der Waals surface area contributed by atoms with Crippen molar-refractivity contribution in [2.24, 2.45) is 11.1 Å². The molecule has 84 valence electrons. The average molecular weight is 208 g/mol. The zero-order chi connectivity index (χ0) is 10.5. The van der Waals surface area contributed by atoms with Gasteiger partial charge in [0, 0.05) is 18.6 Å². The third kappa shape index (κ3) is 1.32. The Labute approximate surface area is 91.0 Å². The van der Waals surface area contributed by atoms with E-state index in [-0.39, 0.29) is 11.0 Å². The molecule has 3 fully saturated rings. The Kier molecular flexibility index (Phi) is 1.91. The van der Waals surface area contributed by atoms with Crippen LogP contribution < -0.4 is 5.73 Å². The van der Waals surface area contributed by atoms with E-state index in [0.717, 1.165) is 45.2 Å².